The quantitative estimate of drug-likeness (QED) is 0.374. The van der Waals surface area contributed by atoms with Crippen molar-refractivity contribution in [3.63, 3.8) is 0 Å². The number of rotatable bonds is 9. The zero-order valence-electron chi connectivity index (χ0n) is 21.7. The van der Waals surface area contributed by atoms with Gasteiger partial charge in [0.15, 0.2) is 0 Å². The van der Waals surface area contributed by atoms with Gasteiger partial charge in [-0.05, 0) is 79.7 Å². The number of aliphatic hydroxyl groups excluding tert-OH is 1. The van der Waals surface area contributed by atoms with Gasteiger partial charge in [-0.2, -0.15) is 0 Å². The molecule has 202 valence electrons. The third-order valence-corrected chi connectivity index (χ3v) is 8.13. The van der Waals surface area contributed by atoms with Crippen LogP contribution < -0.4 is 14.2 Å². The zero-order chi connectivity index (χ0) is 26.0. The van der Waals surface area contributed by atoms with Crippen LogP contribution in [0.1, 0.15) is 85.2 Å². The first-order chi connectivity index (χ1) is 18.1. The lowest BCUT2D eigenvalue weighted by atomic mass is 9.90. The first-order valence-electron chi connectivity index (χ1n) is 13.5. The highest BCUT2D eigenvalue weighted by Crippen LogP contribution is 2.45. The van der Waals surface area contributed by atoms with Crippen LogP contribution in [0.3, 0.4) is 0 Å². The van der Waals surface area contributed by atoms with Crippen LogP contribution in [-0.2, 0) is 6.61 Å². The minimum Gasteiger partial charge on any atom is -0.497 e. The molecular formula is C29H39FN2O4S. The van der Waals surface area contributed by atoms with E-state index in [1.54, 1.807) is 13.2 Å². The Balaban J connectivity index is 0.000000270. The van der Waals surface area contributed by atoms with E-state index in [0.717, 1.165) is 55.6 Å². The number of nitrogens with one attached hydrogen (secondary N) is 1. The van der Waals surface area contributed by atoms with Crippen LogP contribution in [0.2, 0.25) is 0 Å². The van der Waals surface area contributed by atoms with E-state index < -0.39 is 5.82 Å². The van der Waals surface area contributed by atoms with E-state index in [-0.39, 0.29) is 18.1 Å². The fourth-order valence-electron chi connectivity index (χ4n) is 4.82. The molecule has 2 aromatic rings. The van der Waals surface area contributed by atoms with Crippen molar-refractivity contribution in [3.8, 4) is 11.5 Å². The lowest BCUT2D eigenvalue weighted by Crippen LogP contribution is -2.24. The number of aliphatic hydroxyl groups is 1. The zero-order valence-corrected chi connectivity index (χ0v) is 22.5. The third kappa shape index (κ3) is 8.35. The van der Waals surface area contributed by atoms with Gasteiger partial charge in [-0.15, -0.1) is 0 Å². The second kappa shape index (κ2) is 14.0. The molecule has 0 aromatic heterocycles. The minimum absolute atomic E-state index is 0.0873. The molecule has 0 bridgehead atoms. The molecule has 2 saturated carbocycles. The summed E-state index contributed by atoms with van der Waals surface area (Å²) in [5.74, 6) is 1.60. The Bertz CT molecular complexity index is 981. The highest BCUT2D eigenvalue weighted by Gasteiger charge is 2.30. The largest absolute Gasteiger partial charge is 0.497 e. The van der Waals surface area contributed by atoms with Crippen molar-refractivity contribution < 1.29 is 23.8 Å². The maximum absolute atomic E-state index is 14.7. The topological polar surface area (TPSA) is 71.0 Å². The molecule has 5 rings (SSSR count). The predicted octanol–water partition coefficient (Wildman–Crippen LogP) is 6.24. The summed E-state index contributed by atoms with van der Waals surface area (Å²) in [7, 11) is 1.62. The van der Waals surface area contributed by atoms with Gasteiger partial charge in [0.2, 0.25) is 0 Å². The van der Waals surface area contributed by atoms with Crippen LogP contribution in [0.25, 0.3) is 0 Å². The van der Waals surface area contributed by atoms with Gasteiger partial charge >= 0.3 is 0 Å². The van der Waals surface area contributed by atoms with E-state index in [4.69, 9.17) is 14.6 Å². The number of carbonyl (C=O) groups is 1. The van der Waals surface area contributed by atoms with Crippen LogP contribution in [0.5, 0.6) is 11.5 Å². The number of hydrogen-bond acceptors (Lipinski definition) is 6. The van der Waals surface area contributed by atoms with Crippen molar-refractivity contribution in [2.24, 2.45) is 5.92 Å². The number of halogens is 1. The Kier molecular flexibility index (Phi) is 10.5. The van der Waals surface area contributed by atoms with Crippen molar-refractivity contribution >= 4 is 18.0 Å². The molecule has 1 aliphatic heterocycles. The maximum atomic E-state index is 14.7. The smallest absolute Gasteiger partial charge is 0.265 e. The summed E-state index contributed by atoms with van der Waals surface area (Å²) in [6, 6.07) is 10.5. The Morgan fingerprint density at radius 1 is 1.05 bits per heavy atom. The Hall–Kier alpha value is -2.29. The fourth-order valence-corrected chi connectivity index (χ4v) is 5.58. The van der Waals surface area contributed by atoms with E-state index in [1.165, 1.54) is 50.3 Å². The van der Waals surface area contributed by atoms with E-state index >= 15 is 0 Å². The van der Waals surface area contributed by atoms with Crippen LogP contribution >= 0.6 is 12.1 Å². The lowest BCUT2D eigenvalue weighted by Gasteiger charge is -2.23. The number of benzene rings is 2. The number of methoxy groups -OCH3 is 1. The summed E-state index contributed by atoms with van der Waals surface area (Å²) < 4.78 is 30.6. The number of carbonyl (C=O) groups excluding carboxylic acids is 1. The molecule has 2 aliphatic carbocycles. The molecule has 3 fully saturated rings. The Morgan fingerprint density at radius 2 is 1.76 bits per heavy atom. The van der Waals surface area contributed by atoms with Gasteiger partial charge in [0, 0.05) is 31.3 Å². The van der Waals surface area contributed by atoms with Crippen molar-refractivity contribution in [2.45, 2.75) is 70.3 Å². The normalized spacial score (nSPS) is 18.1. The molecule has 2 N–H and O–H groups in total. The first-order valence-corrected chi connectivity index (χ1v) is 14.3. The van der Waals surface area contributed by atoms with Crippen LogP contribution in [0.15, 0.2) is 36.4 Å². The maximum Gasteiger partial charge on any atom is 0.265 e. The molecule has 0 unspecified atom stereocenters. The first kappa shape index (κ1) is 27.7. The predicted molar refractivity (Wildman–Crippen MR) is 145 cm³/mol. The van der Waals surface area contributed by atoms with E-state index in [1.807, 2.05) is 24.3 Å². The molecule has 1 saturated heterocycles. The molecule has 3 aliphatic rings. The highest BCUT2D eigenvalue weighted by molar-refractivity contribution is 7.95. The summed E-state index contributed by atoms with van der Waals surface area (Å²) in [6.45, 7) is 2.68. The van der Waals surface area contributed by atoms with Crippen molar-refractivity contribution in [1.29, 1.82) is 0 Å². The molecule has 2 aromatic carbocycles. The molecule has 8 heteroatoms. The highest BCUT2D eigenvalue weighted by atomic mass is 32.2. The lowest BCUT2D eigenvalue weighted by molar-refractivity contribution is 0.0979. The summed E-state index contributed by atoms with van der Waals surface area (Å²) in [6.07, 6.45) is 10.7. The van der Waals surface area contributed by atoms with Gasteiger partial charge in [-0.1, -0.05) is 31.4 Å². The monoisotopic (exact) mass is 530 g/mol. The molecule has 1 amide bonds. The molecule has 6 nitrogen and oxygen atoms in total. The van der Waals surface area contributed by atoms with Gasteiger partial charge in [-0.25, -0.2) is 8.70 Å². The number of hydrogen-bond donors (Lipinski definition) is 2. The average Bonchev–Trinajstić information content (AvgIpc) is 3.65. The standard InChI is InChI=1S/C21H29FN2O2S.C8H10O2/c22-19-13-20(26-14-15-6-2-1-3-7-15)17(16-8-9-16)12-18(19)21(25)23-27-24-10-4-5-11-24;1-10-8-4-2-7(6-9)3-5-8/h12-13,15-16H,1-11,14H2,(H,23,25);2-5,9H,6H2,1H3. The number of ether oxygens (including phenoxy) is 2. The molecule has 0 spiro atoms. The molecule has 37 heavy (non-hydrogen) atoms. The van der Waals surface area contributed by atoms with Crippen molar-refractivity contribution in [2.75, 3.05) is 26.8 Å². The van der Waals surface area contributed by atoms with Crippen molar-refractivity contribution in [3.05, 3.63) is 58.9 Å². The Morgan fingerprint density at radius 3 is 2.38 bits per heavy atom. The minimum atomic E-state index is -0.488. The number of amides is 1. The molecular weight excluding hydrogens is 491 g/mol. The second-order valence-corrected chi connectivity index (χ2v) is 11.0. The summed E-state index contributed by atoms with van der Waals surface area (Å²) in [5.41, 5.74) is 2.04. The van der Waals surface area contributed by atoms with Crippen LogP contribution in [0.4, 0.5) is 4.39 Å². The summed E-state index contributed by atoms with van der Waals surface area (Å²) in [5, 5.41) is 8.66. The second-order valence-electron chi connectivity index (χ2n) is 10.1. The summed E-state index contributed by atoms with van der Waals surface area (Å²) in [4.78, 5) is 12.5. The third-order valence-electron chi connectivity index (χ3n) is 7.23. The van der Waals surface area contributed by atoms with Gasteiger partial charge in [0.05, 0.1) is 25.9 Å². The van der Waals surface area contributed by atoms with Gasteiger partial charge in [0.1, 0.15) is 17.3 Å². The van der Waals surface area contributed by atoms with E-state index in [0.29, 0.717) is 24.2 Å². The van der Waals surface area contributed by atoms with E-state index in [9.17, 15) is 9.18 Å². The summed E-state index contributed by atoms with van der Waals surface area (Å²) >= 11 is 1.29. The number of nitrogens with zero attached hydrogens (tertiary/aromatic N) is 1. The van der Waals surface area contributed by atoms with Crippen LogP contribution in [0, 0.1) is 11.7 Å². The molecule has 1 heterocycles. The Labute approximate surface area is 224 Å². The van der Waals surface area contributed by atoms with Crippen molar-refractivity contribution in [1.82, 2.24) is 9.03 Å². The average molecular weight is 531 g/mol. The molecule has 0 radical (unpaired) electrons. The van der Waals surface area contributed by atoms with Crippen LogP contribution in [-0.4, -0.2) is 42.1 Å². The van der Waals surface area contributed by atoms with E-state index in [2.05, 4.69) is 9.03 Å². The SMILES string of the molecule is COc1ccc(CO)cc1.O=C(NSN1CCCC1)c1cc(C2CC2)c(OCC2CCCCC2)cc1F. The van der Waals surface area contributed by atoms with Gasteiger partial charge in [-0.3, -0.25) is 9.52 Å². The fraction of sp³-hybridized carbons (Fsp3) is 0.552. The molecule has 0 atom stereocenters. The van der Waals surface area contributed by atoms with Gasteiger partial charge < -0.3 is 14.6 Å². The van der Waals surface area contributed by atoms with Gasteiger partial charge in [0.25, 0.3) is 5.91 Å².